The Hall–Kier alpha value is -3.18. The Kier molecular flexibility index (Phi) is 10.6. The third kappa shape index (κ3) is 10.3. The summed E-state index contributed by atoms with van der Waals surface area (Å²) >= 11 is 0. The van der Waals surface area contributed by atoms with Gasteiger partial charge in [0.1, 0.15) is 0 Å². The van der Waals surface area contributed by atoms with Crippen LogP contribution in [0.2, 0.25) is 0 Å². The van der Waals surface area contributed by atoms with Crippen molar-refractivity contribution in [2.24, 2.45) is 0 Å². The van der Waals surface area contributed by atoms with Gasteiger partial charge in [0.05, 0.1) is 12.1 Å². The zero-order valence-corrected chi connectivity index (χ0v) is 20.0. The Balaban J connectivity index is 2.21. The van der Waals surface area contributed by atoms with Gasteiger partial charge in [0.2, 0.25) is 11.8 Å². The van der Waals surface area contributed by atoms with Gasteiger partial charge < -0.3 is 15.7 Å². The summed E-state index contributed by atoms with van der Waals surface area (Å²) < 4.78 is 0. The highest BCUT2D eigenvalue weighted by atomic mass is 16.3. The zero-order valence-electron chi connectivity index (χ0n) is 20.0. The molecule has 0 fully saturated rings. The minimum Gasteiger partial charge on any atom is -0.391 e. The fourth-order valence-electron chi connectivity index (χ4n) is 3.69. The van der Waals surface area contributed by atoms with Gasteiger partial charge in [0.25, 0.3) is 0 Å². The summed E-state index contributed by atoms with van der Waals surface area (Å²) in [4.78, 5) is 24.9. The molecular weight excluding hydrogens is 412 g/mol. The molecule has 0 unspecified atom stereocenters. The van der Waals surface area contributed by atoms with E-state index in [1.54, 1.807) is 6.08 Å². The summed E-state index contributed by atoms with van der Waals surface area (Å²) in [6, 6.07) is 18.9. The molecule has 0 aliphatic rings. The molecule has 0 saturated carbocycles. The van der Waals surface area contributed by atoms with Gasteiger partial charge in [-0.2, -0.15) is 0 Å². The quantitative estimate of drug-likeness (QED) is 0.453. The lowest BCUT2D eigenvalue weighted by atomic mass is 9.93. The van der Waals surface area contributed by atoms with Crippen molar-refractivity contribution in [1.29, 1.82) is 0 Å². The molecule has 0 bridgehead atoms. The molecule has 0 spiro atoms. The molecule has 2 amide bonds. The Labute approximate surface area is 197 Å². The van der Waals surface area contributed by atoms with Crippen molar-refractivity contribution in [1.82, 2.24) is 10.6 Å². The number of aliphatic hydroxyl groups excluding tert-OH is 1. The third-order valence-corrected chi connectivity index (χ3v) is 5.13. The maximum Gasteiger partial charge on any atom is 0.244 e. The van der Waals surface area contributed by atoms with Gasteiger partial charge in [-0.1, -0.05) is 71.8 Å². The molecule has 0 aliphatic carbocycles. The molecule has 0 aromatic heterocycles. The third-order valence-electron chi connectivity index (χ3n) is 5.13. The van der Waals surface area contributed by atoms with E-state index in [4.69, 9.17) is 0 Å². The largest absolute Gasteiger partial charge is 0.391 e. The predicted octanol–water partition coefficient (Wildman–Crippen LogP) is 4.12. The van der Waals surface area contributed by atoms with E-state index in [9.17, 15) is 14.7 Å². The smallest absolute Gasteiger partial charge is 0.244 e. The lowest BCUT2D eigenvalue weighted by Gasteiger charge is -2.28. The summed E-state index contributed by atoms with van der Waals surface area (Å²) in [6.07, 6.45) is 3.62. The highest BCUT2D eigenvalue weighted by Crippen LogP contribution is 2.14. The first-order valence-electron chi connectivity index (χ1n) is 11.4. The summed E-state index contributed by atoms with van der Waals surface area (Å²) in [5, 5.41) is 17.2. The maximum atomic E-state index is 12.5. The molecule has 2 aromatic rings. The van der Waals surface area contributed by atoms with E-state index in [2.05, 4.69) is 10.6 Å². The highest BCUT2D eigenvalue weighted by Gasteiger charge is 2.25. The number of benzene rings is 2. The first-order valence-corrected chi connectivity index (χ1v) is 11.4. The number of nitrogens with one attached hydrogen (secondary N) is 2. The van der Waals surface area contributed by atoms with Gasteiger partial charge in [-0.15, -0.1) is 0 Å². The maximum absolute atomic E-state index is 12.5. The second kappa shape index (κ2) is 13.4. The van der Waals surface area contributed by atoms with Crippen LogP contribution in [0.1, 0.15) is 45.2 Å². The molecule has 0 aliphatic heterocycles. The minimum atomic E-state index is -0.847. The van der Waals surface area contributed by atoms with E-state index in [-0.39, 0.29) is 17.9 Å². The van der Waals surface area contributed by atoms with Crippen molar-refractivity contribution in [2.75, 3.05) is 0 Å². The van der Waals surface area contributed by atoms with Crippen LogP contribution in [0.25, 0.3) is 0 Å². The fraction of sp³-hybridized carbons (Fsp3) is 0.357. The number of carbonyl (C=O) groups excluding carboxylic acids is 2. The van der Waals surface area contributed by atoms with Crippen LogP contribution in [-0.4, -0.2) is 35.1 Å². The van der Waals surface area contributed by atoms with E-state index >= 15 is 0 Å². The fourth-order valence-corrected chi connectivity index (χ4v) is 3.69. The van der Waals surface area contributed by atoms with Crippen molar-refractivity contribution in [2.45, 2.75) is 65.1 Å². The van der Waals surface area contributed by atoms with E-state index in [1.807, 2.05) is 88.4 Å². The summed E-state index contributed by atoms with van der Waals surface area (Å²) in [5.74, 6) is -0.417. The lowest BCUT2D eigenvalue weighted by molar-refractivity contribution is -0.119. The SMILES string of the molecule is CC(C)=CC(=O)N[C@@H](Cc1ccccc1)C[C@H](O)[C@H](Cc1ccccc1)NC(=O)C=C(C)C. The molecule has 33 heavy (non-hydrogen) atoms. The van der Waals surface area contributed by atoms with Crippen LogP contribution in [0.4, 0.5) is 0 Å². The molecule has 3 N–H and O–H groups in total. The lowest BCUT2D eigenvalue weighted by Crippen LogP contribution is -2.48. The van der Waals surface area contributed by atoms with Gasteiger partial charge in [-0.25, -0.2) is 0 Å². The normalized spacial score (nSPS) is 13.2. The number of hydrogen-bond acceptors (Lipinski definition) is 3. The van der Waals surface area contributed by atoms with Crippen LogP contribution in [0.3, 0.4) is 0 Å². The molecule has 176 valence electrons. The van der Waals surface area contributed by atoms with Crippen molar-refractivity contribution in [3.63, 3.8) is 0 Å². The van der Waals surface area contributed by atoms with E-state index in [0.29, 0.717) is 19.3 Å². The van der Waals surface area contributed by atoms with Crippen LogP contribution >= 0.6 is 0 Å². The number of amides is 2. The average molecular weight is 449 g/mol. The van der Waals surface area contributed by atoms with Gasteiger partial charge in [0.15, 0.2) is 0 Å². The number of aliphatic hydroxyl groups is 1. The summed E-state index contributed by atoms with van der Waals surface area (Å²) in [7, 11) is 0. The molecule has 2 aromatic carbocycles. The van der Waals surface area contributed by atoms with E-state index < -0.39 is 12.1 Å². The van der Waals surface area contributed by atoms with E-state index in [0.717, 1.165) is 22.3 Å². The second-order valence-electron chi connectivity index (χ2n) is 8.95. The Morgan fingerprint density at radius 2 is 1.21 bits per heavy atom. The van der Waals surface area contributed by atoms with Crippen LogP contribution in [-0.2, 0) is 22.4 Å². The average Bonchev–Trinajstić information content (AvgIpc) is 2.73. The zero-order chi connectivity index (χ0) is 24.2. The van der Waals surface area contributed by atoms with Crippen LogP contribution in [0.15, 0.2) is 84.0 Å². The van der Waals surface area contributed by atoms with Crippen LogP contribution in [0.5, 0.6) is 0 Å². The standard InChI is InChI=1S/C28H36N2O3/c1-20(2)15-27(32)29-24(17-22-11-7-5-8-12-22)19-26(31)25(30-28(33)16-21(3)4)18-23-13-9-6-10-14-23/h5-16,24-26,31H,17-19H2,1-4H3,(H,29,32)(H,30,33)/t24-,25-,26-/m0/s1. The van der Waals surface area contributed by atoms with Gasteiger partial charge >= 0.3 is 0 Å². The number of carbonyl (C=O) groups is 2. The number of allylic oxidation sites excluding steroid dienone is 2. The van der Waals surface area contributed by atoms with Gasteiger partial charge in [-0.3, -0.25) is 9.59 Å². The van der Waals surface area contributed by atoms with Gasteiger partial charge in [0, 0.05) is 18.2 Å². The molecule has 3 atom stereocenters. The van der Waals surface area contributed by atoms with Crippen molar-refractivity contribution in [3.8, 4) is 0 Å². The molecule has 5 heteroatoms. The molecule has 0 saturated heterocycles. The van der Waals surface area contributed by atoms with E-state index in [1.165, 1.54) is 6.08 Å². The highest BCUT2D eigenvalue weighted by molar-refractivity contribution is 5.88. The molecular formula is C28H36N2O3. The number of rotatable bonds is 11. The van der Waals surface area contributed by atoms with Crippen molar-refractivity contribution < 1.29 is 14.7 Å². The monoisotopic (exact) mass is 448 g/mol. The van der Waals surface area contributed by atoms with Gasteiger partial charge in [-0.05, 0) is 58.1 Å². The topological polar surface area (TPSA) is 78.4 Å². The molecule has 5 nitrogen and oxygen atoms in total. The predicted molar refractivity (Wildman–Crippen MR) is 134 cm³/mol. The second-order valence-corrected chi connectivity index (χ2v) is 8.95. The van der Waals surface area contributed by atoms with Crippen molar-refractivity contribution in [3.05, 3.63) is 95.1 Å². The minimum absolute atomic E-state index is 0.184. The summed E-state index contributed by atoms with van der Waals surface area (Å²) in [6.45, 7) is 7.46. The summed E-state index contributed by atoms with van der Waals surface area (Å²) in [5.41, 5.74) is 3.88. The molecule has 2 rings (SSSR count). The Morgan fingerprint density at radius 3 is 1.70 bits per heavy atom. The Bertz CT molecular complexity index is 944. The van der Waals surface area contributed by atoms with Crippen molar-refractivity contribution >= 4 is 11.8 Å². The van der Waals surface area contributed by atoms with Crippen LogP contribution in [0, 0.1) is 0 Å². The van der Waals surface area contributed by atoms with Crippen LogP contribution < -0.4 is 10.6 Å². The molecule has 0 radical (unpaired) electrons. The first-order chi connectivity index (χ1) is 15.7. The molecule has 0 heterocycles. The first kappa shape index (κ1) is 26.1. The number of hydrogen-bond donors (Lipinski definition) is 3. The Morgan fingerprint density at radius 1 is 0.758 bits per heavy atom.